The summed E-state index contributed by atoms with van der Waals surface area (Å²) in [5, 5.41) is 5.70. The van der Waals surface area contributed by atoms with Crippen LogP contribution >= 0.6 is 0 Å². The van der Waals surface area contributed by atoms with Crippen molar-refractivity contribution >= 4 is 27.7 Å². The van der Waals surface area contributed by atoms with Gasteiger partial charge in [-0.25, -0.2) is 9.97 Å². The maximum Gasteiger partial charge on any atom is 0.145 e. The number of aromatic nitrogens is 2. The maximum atomic E-state index is 5.96. The second kappa shape index (κ2) is 9.24. The summed E-state index contributed by atoms with van der Waals surface area (Å²) in [6.45, 7) is 3.28. The fraction of sp³-hybridized carbons (Fsp3) is 0.333. The number of furan rings is 1. The predicted octanol–water partition coefficient (Wildman–Crippen LogP) is 4.37. The van der Waals surface area contributed by atoms with Crippen molar-refractivity contribution < 1.29 is 4.42 Å². The molecule has 0 saturated heterocycles. The number of nitrogens with zero attached hydrogens (tertiary/aromatic N) is 4. The van der Waals surface area contributed by atoms with E-state index in [-0.39, 0.29) is 0 Å². The van der Waals surface area contributed by atoms with Crippen LogP contribution < -0.4 is 5.32 Å². The van der Waals surface area contributed by atoms with Gasteiger partial charge in [0.05, 0.1) is 18.6 Å². The molecule has 4 rings (SSSR count). The van der Waals surface area contributed by atoms with Crippen LogP contribution in [0.1, 0.15) is 18.0 Å². The lowest BCUT2D eigenvalue weighted by molar-refractivity contribution is 0.285. The van der Waals surface area contributed by atoms with Gasteiger partial charge in [0.1, 0.15) is 23.0 Å². The van der Waals surface area contributed by atoms with Gasteiger partial charge in [-0.3, -0.25) is 4.90 Å². The highest BCUT2D eigenvalue weighted by Gasteiger charge is 2.12. The van der Waals surface area contributed by atoms with Crippen LogP contribution in [0.25, 0.3) is 21.9 Å². The Labute approximate surface area is 177 Å². The second-order valence-electron chi connectivity index (χ2n) is 8.01. The molecule has 156 valence electrons. The molecule has 0 saturated carbocycles. The minimum atomic E-state index is 0.647. The number of hydrogen-bond donors (Lipinski definition) is 1. The minimum Gasteiger partial charge on any atom is -0.460 e. The molecule has 6 heteroatoms. The molecule has 2 aromatic heterocycles. The van der Waals surface area contributed by atoms with E-state index in [4.69, 9.17) is 14.4 Å². The van der Waals surface area contributed by atoms with Crippen LogP contribution in [-0.4, -0.2) is 54.0 Å². The summed E-state index contributed by atoms with van der Waals surface area (Å²) in [5.74, 6) is 2.66. The Morgan fingerprint density at radius 3 is 2.57 bits per heavy atom. The second-order valence-corrected chi connectivity index (χ2v) is 8.01. The van der Waals surface area contributed by atoms with E-state index >= 15 is 0 Å². The molecule has 6 nitrogen and oxygen atoms in total. The van der Waals surface area contributed by atoms with Crippen LogP contribution in [0.15, 0.2) is 59.0 Å². The first-order valence-corrected chi connectivity index (χ1v) is 10.4. The van der Waals surface area contributed by atoms with Crippen LogP contribution in [0.4, 0.5) is 5.82 Å². The molecule has 30 heavy (non-hydrogen) atoms. The van der Waals surface area contributed by atoms with E-state index in [1.54, 1.807) is 0 Å². The molecule has 0 aliphatic heterocycles. The molecule has 2 heterocycles. The van der Waals surface area contributed by atoms with Crippen LogP contribution in [0.5, 0.6) is 0 Å². The van der Waals surface area contributed by atoms with Gasteiger partial charge in [0, 0.05) is 17.3 Å². The highest BCUT2D eigenvalue weighted by atomic mass is 16.3. The fourth-order valence-electron chi connectivity index (χ4n) is 3.61. The number of hydrogen-bond acceptors (Lipinski definition) is 6. The first-order chi connectivity index (χ1) is 14.6. The zero-order valence-corrected chi connectivity index (χ0v) is 17.9. The third-order valence-corrected chi connectivity index (χ3v) is 5.04. The van der Waals surface area contributed by atoms with Crippen molar-refractivity contribution in [2.75, 3.05) is 39.5 Å². The first kappa shape index (κ1) is 20.3. The van der Waals surface area contributed by atoms with Gasteiger partial charge < -0.3 is 14.6 Å². The Morgan fingerprint density at radius 2 is 1.73 bits per heavy atom. The van der Waals surface area contributed by atoms with Crippen molar-refractivity contribution in [1.82, 2.24) is 19.8 Å². The number of para-hydroxylation sites is 2. The topological polar surface area (TPSA) is 57.4 Å². The molecule has 4 aromatic rings. The van der Waals surface area contributed by atoms with Crippen molar-refractivity contribution in [2.45, 2.75) is 19.5 Å². The van der Waals surface area contributed by atoms with Crippen LogP contribution in [-0.2, 0) is 13.1 Å². The quantitative estimate of drug-likeness (QED) is 0.419. The normalized spacial score (nSPS) is 11.8. The average Bonchev–Trinajstić information content (AvgIpc) is 3.13. The minimum absolute atomic E-state index is 0.647. The van der Waals surface area contributed by atoms with Crippen molar-refractivity contribution in [2.24, 2.45) is 0 Å². The lowest BCUT2D eigenvalue weighted by Crippen LogP contribution is -2.20. The monoisotopic (exact) mass is 403 g/mol. The van der Waals surface area contributed by atoms with Crippen LogP contribution in [0.2, 0.25) is 0 Å². The molecule has 0 aliphatic rings. The molecule has 2 aromatic carbocycles. The Balaban J connectivity index is 1.48. The number of nitrogens with one attached hydrogen (secondary N) is 1. The molecule has 0 bridgehead atoms. The zero-order valence-electron chi connectivity index (χ0n) is 17.9. The standard InChI is InChI=1S/C24H29N5O/c1-28(2)14-8-13-25-24-20-10-5-6-11-21(20)26-23(27-24)17-29(3)16-19-15-18-9-4-7-12-22(18)30-19/h4-7,9-12,15H,8,13-14,16-17H2,1-3H3,(H,25,26,27). The molecule has 0 fully saturated rings. The molecule has 0 spiro atoms. The predicted molar refractivity (Wildman–Crippen MR) is 123 cm³/mol. The van der Waals surface area contributed by atoms with E-state index in [9.17, 15) is 0 Å². The summed E-state index contributed by atoms with van der Waals surface area (Å²) in [7, 11) is 6.25. The van der Waals surface area contributed by atoms with E-state index in [1.807, 2.05) is 36.4 Å². The first-order valence-electron chi connectivity index (χ1n) is 10.4. The lowest BCUT2D eigenvalue weighted by atomic mass is 10.2. The van der Waals surface area contributed by atoms with E-state index in [0.29, 0.717) is 13.1 Å². The Bertz CT molecular complexity index is 1090. The number of benzene rings is 2. The number of rotatable bonds is 9. The summed E-state index contributed by atoms with van der Waals surface area (Å²) in [6.07, 6.45) is 1.06. The molecular formula is C24H29N5O. The highest BCUT2D eigenvalue weighted by Crippen LogP contribution is 2.22. The van der Waals surface area contributed by atoms with Gasteiger partial charge in [-0.15, -0.1) is 0 Å². The van der Waals surface area contributed by atoms with Crippen molar-refractivity contribution in [1.29, 1.82) is 0 Å². The Hall–Kier alpha value is -2.96. The number of fused-ring (bicyclic) bond motifs is 2. The smallest absolute Gasteiger partial charge is 0.145 e. The van der Waals surface area contributed by atoms with Gasteiger partial charge >= 0.3 is 0 Å². The van der Waals surface area contributed by atoms with Crippen LogP contribution in [0.3, 0.4) is 0 Å². The summed E-state index contributed by atoms with van der Waals surface area (Å²) < 4.78 is 5.96. The number of anilines is 1. The van der Waals surface area contributed by atoms with Gasteiger partial charge in [-0.1, -0.05) is 30.3 Å². The molecule has 0 radical (unpaired) electrons. The fourth-order valence-corrected chi connectivity index (χ4v) is 3.61. The summed E-state index contributed by atoms with van der Waals surface area (Å²) >= 11 is 0. The van der Waals surface area contributed by atoms with Crippen LogP contribution in [0, 0.1) is 0 Å². The molecule has 1 N–H and O–H groups in total. The summed E-state index contributed by atoms with van der Waals surface area (Å²) in [6, 6.07) is 18.4. The third-order valence-electron chi connectivity index (χ3n) is 5.04. The van der Waals surface area contributed by atoms with E-state index in [0.717, 1.165) is 58.8 Å². The molecule has 0 amide bonds. The van der Waals surface area contributed by atoms with Gasteiger partial charge in [0.25, 0.3) is 0 Å². The Kier molecular flexibility index (Phi) is 6.26. The van der Waals surface area contributed by atoms with Gasteiger partial charge in [0.15, 0.2) is 0 Å². The maximum absolute atomic E-state index is 5.96. The molecule has 0 aliphatic carbocycles. The van der Waals surface area contributed by atoms with E-state index in [1.165, 1.54) is 0 Å². The van der Waals surface area contributed by atoms with Crippen molar-refractivity contribution in [3.05, 3.63) is 66.2 Å². The van der Waals surface area contributed by atoms with Gasteiger partial charge in [-0.05, 0) is 58.4 Å². The lowest BCUT2D eigenvalue weighted by Gasteiger charge is -2.16. The van der Waals surface area contributed by atoms with E-state index in [2.05, 4.69) is 54.5 Å². The van der Waals surface area contributed by atoms with Gasteiger partial charge in [0.2, 0.25) is 0 Å². The van der Waals surface area contributed by atoms with E-state index < -0.39 is 0 Å². The molecule has 0 unspecified atom stereocenters. The summed E-state index contributed by atoms with van der Waals surface area (Å²) in [5.41, 5.74) is 1.89. The summed E-state index contributed by atoms with van der Waals surface area (Å²) in [4.78, 5) is 14.0. The SMILES string of the molecule is CN(C)CCCNc1nc(CN(C)Cc2cc3ccccc3o2)nc2ccccc12. The highest BCUT2D eigenvalue weighted by molar-refractivity contribution is 5.89. The zero-order chi connectivity index (χ0) is 20.9. The largest absolute Gasteiger partial charge is 0.460 e. The molecule has 0 atom stereocenters. The molecular weight excluding hydrogens is 374 g/mol. The van der Waals surface area contributed by atoms with Gasteiger partial charge in [-0.2, -0.15) is 0 Å². The average molecular weight is 404 g/mol. The third kappa shape index (κ3) is 4.96. The van der Waals surface area contributed by atoms with Crippen molar-refractivity contribution in [3.63, 3.8) is 0 Å². The Morgan fingerprint density at radius 1 is 0.933 bits per heavy atom. The van der Waals surface area contributed by atoms with Crippen molar-refractivity contribution in [3.8, 4) is 0 Å².